The summed E-state index contributed by atoms with van der Waals surface area (Å²) in [6.45, 7) is 7.20. The molecule has 7 rings (SSSR count). The molecule has 5 aromatic carbocycles. The van der Waals surface area contributed by atoms with Gasteiger partial charge in [-0.1, -0.05) is 164 Å². The molecule has 12 heteroatoms. The van der Waals surface area contributed by atoms with E-state index in [1.54, 1.807) is 18.4 Å². The molecule has 1 unspecified atom stereocenters. The molecule has 0 saturated heterocycles. The number of rotatable bonds is 15. The lowest BCUT2D eigenvalue weighted by Gasteiger charge is -2.36. The smallest absolute Gasteiger partial charge is 0.431 e. The number of tetrazole rings is 1. The Morgan fingerprint density at radius 3 is 1.83 bits per heavy atom. The van der Waals surface area contributed by atoms with Crippen LogP contribution in [0.2, 0.25) is 5.15 Å². The topological polar surface area (TPSA) is 123 Å². The Balaban J connectivity index is 1.25. The first-order valence-corrected chi connectivity index (χ1v) is 20.1. The number of esters is 1. The molecule has 2 aromatic heterocycles. The number of halogens is 1. The maximum absolute atomic E-state index is 13.5. The highest BCUT2D eigenvalue weighted by molar-refractivity contribution is 6.32. The number of aromatic nitrogens is 6. The Bertz CT molecular complexity index is 2390. The van der Waals surface area contributed by atoms with E-state index < -0.39 is 30.1 Å². The minimum atomic E-state index is -1.22. The van der Waals surface area contributed by atoms with Crippen molar-refractivity contribution < 1.29 is 23.8 Å². The summed E-state index contributed by atoms with van der Waals surface area (Å²) in [5.41, 5.74) is 5.79. The lowest BCUT2D eigenvalue weighted by atomic mass is 9.77. The number of aryl methyl sites for hydroxylation is 1. The van der Waals surface area contributed by atoms with Crippen molar-refractivity contribution in [3.05, 3.63) is 178 Å². The Kier molecular flexibility index (Phi) is 12.6. The zero-order chi connectivity index (χ0) is 41.4. The van der Waals surface area contributed by atoms with Crippen LogP contribution < -0.4 is 0 Å². The van der Waals surface area contributed by atoms with Crippen LogP contribution in [-0.4, -0.2) is 54.3 Å². The summed E-state index contributed by atoms with van der Waals surface area (Å²) >= 11 is 6.60. The van der Waals surface area contributed by atoms with Gasteiger partial charge in [0.2, 0.25) is 6.29 Å². The van der Waals surface area contributed by atoms with Crippen molar-refractivity contribution in [1.29, 1.82) is 0 Å². The van der Waals surface area contributed by atoms with Gasteiger partial charge >= 0.3 is 12.1 Å². The van der Waals surface area contributed by atoms with Crippen LogP contribution >= 0.6 is 11.6 Å². The molecule has 0 fully saturated rings. The summed E-state index contributed by atoms with van der Waals surface area (Å²) < 4.78 is 19.3. The summed E-state index contributed by atoms with van der Waals surface area (Å²) in [7, 11) is 0. The Labute approximate surface area is 348 Å². The van der Waals surface area contributed by atoms with Crippen LogP contribution in [0, 0.1) is 0 Å². The zero-order valence-corrected chi connectivity index (χ0v) is 34.1. The van der Waals surface area contributed by atoms with Gasteiger partial charge in [0.25, 0.3) is 0 Å². The zero-order valence-electron chi connectivity index (χ0n) is 33.4. The number of hydrogen-bond acceptors (Lipinski definition) is 9. The third-order valence-electron chi connectivity index (χ3n) is 9.95. The van der Waals surface area contributed by atoms with Gasteiger partial charge in [-0.3, -0.25) is 0 Å². The average Bonchev–Trinajstić information content (AvgIpc) is 3.85. The fourth-order valence-electron chi connectivity index (χ4n) is 7.33. The highest BCUT2D eigenvalue weighted by Gasteiger charge is 2.42. The van der Waals surface area contributed by atoms with Crippen LogP contribution in [0.1, 0.15) is 79.1 Å². The van der Waals surface area contributed by atoms with Crippen LogP contribution in [0.15, 0.2) is 140 Å². The molecular weight excluding hydrogens is 764 g/mol. The van der Waals surface area contributed by atoms with E-state index in [-0.39, 0.29) is 10.8 Å². The number of benzene rings is 5. The molecule has 0 N–H and O–H groups in total. The predicted octanol–water partition coefficient (Wildman–Crippen LogP) is 10.2. The quantitative estimate of drug-likeness (QED) is 0.0566. The van der Waals surface area contributed by atoms with Crippen LogP contribution in [0.4, 0.5) is 4.79 Å². The number of unbranched alkanes of at least 4 members (excludes halogenated alkanes) is 1. The number of nitrogens with zero attached hydrogens (tertiary/aromatic N) is 6. The molecule has 1 atom stereocenters. The maximum Gasteiger partial charge on any atom is 0.511 e. The molecule has 300 valence electrons. The number of imidazole rings is 1. The van der Waals surface area contributed by atoms with Gasteiger partial charge in [-0.15, -0.1) is 5.10 Å². The van der Waals surface area contributed by atoms with Crippen molar-refractivity contribution in [2.45, 2.75) is 71.4 Å². The van der Waals surface area contributed by atoms with Gasteiger partial charge in [-0.05, 0) is 64.1 Å². The largest absolute Gasteiger partial charge is 0.511 e. The van der Waals surface area contributed by atoms with Crippen molar-refractivity contribution in [3.63, 3.8) is 0 Å². The minimum Gasteiger partial charge on any atom is -0.431 e. The number of carbonyl (C=O) groups excluding carboxylic acids is 2. The Hall–Kier alpha value is -6.59. The normalized spacial score (nSPS) is 12.0. The molecule has 0 saturated carbocycles. The highest BCUT2D eigenvalue weighted by Crippen LogP contribution is 2.43. The molecule has 0 bridgehead atoms. The summed E-state index contributed by atoms with van der Waals surface area (Å²) in [5.74, 6) is 0.473. The molecule has 0 amide bonds. The van der Waals surface area contributed by atoms with Crippen molar-refractivity contribution in [1.82, 2.24) is 29.8 Å². The minimum absolute atomic E-state index is 0.0129. The molecule has 0 spiro atoms. The second kappa shape index (κ2) is 18.3. The van der Waals surface area contributed by atoms with E-state index in [1.807, 2.05) is 102 Å². The van der Waals surface area contributed by atoms with Crippen LogP contribution in [-0.2, 0) is 32.7 Å². The SMILES string of the molecule is CCCCc1nc(Cl)c(C(=O)OC(C)OC(=O)OC(C)C)n1Cc1ccc(-c2ccccc2-c2nnnn2C(c2ccccc2)(c2ccccc2)c2ccccc2)cc1. The lowest BCUT2D eigenvalue weighted by Crippen LogP contribution is -2.39. The molecule has 7 aromatic rings. The van der Waals surface area contributed by atoms with Crippen LogP contribution in [0.25, 0.3) is 22.5 Å². The molecule has 0 aliphatic heterocycles. The average molecular weight is 809 g/mol. The number of ether oxygens (including phenoxy) is 3. The van der Waals surface area contributed by atoms with Crippen molar-refractivity contribution in [3.8, 4) is 22.5 Å². The Morgan fingerprint density at radius 1 is 0.712 bits per heavy atom. The van der Waals surface area contributed by atoms with Gasteiger partial charge in [0.05, 0.1) is 6.10 Å². The first-order chi connectivity index (χ1) is 28.7. The molecular formula is C47H45ClN6O5. The highest BCUT2D eigenvalue weighted by atomic mass is 35.5. The van der Waals surface area contributed by atoms with Gasteiger partial charge in [-0.25, -0.2) is 19.3 Å². The van der Waals surface area contributed by atoms with E-state index in [1.165, 1.54) is 6.92 Å². The standard InChI is InChI=1S/C47H45ClN6O5/c1-5-6-26-41-49-43(48)42(45(55)58-33(4)59-46(56)57-32(2)3)53(41)31-34-27-29-35(30-28-34)39-24-16-17-25-40(39)44-50-51-52-54(44)47(36-18-10-7-11-19-36,37-20-12-8-13-21-37)38-22-14-9-15-23-38/h7-25,27-30,32-33H,5-6,26,31H2,1-4H3. The maximum atomic E-state index is 13.5. The fraction of sp³-hybridized carbons (Fsp3) is 0.234. The number of carbonyl (C=O) groups is 2. The second-order valence-corrected chi connectivity index (χ2v) is 14.7. The van der Waals surface area contributed by atoms with E-state index in [4.69, 9.17) is 36.1 Å². The van der Waals surface area contributed by atoms with Crippen molar-refractivity contribution >= 4 is 23.7 Å². The first kappa shape index (κ1) is 40.6. The molecule has 0 aliphatic rings. The van der Waals surface area contributed by atoms with Crippen LogP contribution in [0.3, 0.4) is 0 Å². The predicted molar refractivity (Wildman–Crippen MR) is 226 cm³/mol. The fourth-order valence-corrected chi connectivity index (χ4v) is 7.61. The summed E-state index contributed by atoms with van der Waals surface area (Å²) in [5, 5.41) is 13.8. The first-order valence-electron chi connectivity index (χ1n) is 19.7. The van der Waals surface area contributed by atoms with E-state index in [9.17, 15) is 9.59 Å². The number of hydrogen-bond donors (Lipinski definition) is 0. The van der Waals surface area contributed by atoms with E-state index in [2.05, 4.69) is 59.6 Å². The molecule has 2 heterocycles. The second-order valence-electron chi connectivity index (χ2n) is 14.3. The monoisotopic (exact) mass is 808 g/mol. The van der Waals surface area contributed by atoms with E-state index in [0.717, 1.165) is 51.8 Å². The van der Waals surface area contributed by atoms with Crippen molar-refractivity contribution in [2.75, 3.05) is 0 Å². The third-order valence-corrected chi connectivity index (χ3v) is 10.2. The summed E-state index contributed by atoms with van der Waals surface area (Å²) in [6.07, 6.45) is -0.175. The molecule has 0 radical (unpaired) electrons. The van der Waals surface area contributed by atoms with Gasteiger partial charge in [0, 0.05) is 25.5 Å². The third kappa shape index (κ3) is 8.66. The molecule has 0 aliphatic carbocycles. The summed E-state index contributed by atoms with van der Waals surface area (Å²) in [4.78, 5) is 30.1. The van der Waals surface area contributed by atoms with Crippen molar-refractivity contribution in [2.24, 2.45) is 0 Å². The van der Waals surface area contributed by atoms with E-state index >= 15 is 0 Å². The van der Waals surface area contributed by atoms with Crippen LogP contribution in [0.5, 0.6) is 0 Å². The molecule has 11 nitrogen and oxygen atoms in total. The van der Waals surface area contributed by atoms with E-state index in [0.29, 0.717) is 24.6 Å². The van der Waals surface area contributed by atoms with Gasteiger partial charge in [0.15, 0.2) is 16.7 Å². The van der Waals surface area contributed by atoms with Gasteiger partial charge in [-0.2, -0.15) is 0 Å². The summed E-state index contributed by atoms with van der Waals surface area (Å²) in [6, 6.07) is 47.1. The van der Waals surface area contributed by atoms with Gasteiger partial charge in [0.1, 0.15) is 11.4 Å². The lowest BCUT2D eigenvalue weighted by molar-refractivity contribution is -0.0870. The molecule has 59 heavy (non-hydrogen) atoms. The Morgan fingerprint density at radius 2 is 1.27 bits per heavy atom. The van der Waals surface area contributed by atoms with Gasteiger partial charge < -0.3 is 18.8 Å².